The van der Waals surface area contributed by atoms with Gasteiger partial charge in [-0.05, 0) is 26.8 Å². The molecule has 0 aliphatic heterocycles. The van der Waals surface area contributed by atoms with Gasteiger partial charge in [-0.25, -0.2) is 0 Å². The van der Waals surface area contributed by atoms with Crippen molar-refractivity contribution >= 4 is 6.29 Å². The molecule has 1 nitrogen and oxygen atoms in total. The standard InChI is InChI=1S/C10H14O/c1-8(2)5-10(7-11)6-9(3)4/h5-7H,1H2,2-4H3. The Hall–Kier alpha value is -1.11. The molecule has 60 valence electrons. The zero-order valence-corrected chi connectivity index (χ0v) is 7.35. The highest BCUT2D eigenvalue weighted by Gasteiger charge is 1.88. The van der Waals surface area contributed by atoms with Crippen LogP contribution in [0.2, 0.25) is 0 Å². The van der Waals surface area contributed by atoms with Crippen LogP contribution in [0.15, 0.2) is 35.5 Å². The van der Waals surface area contributed by atoms with Crippen LogP contribution in [0.4, 0.5) is 0 Å². The summed E-state index contributed by atoms with van der Waals surface area (Å²) in [5.74, 6) is 0. The fraction of sp³-hybridized carbons (Fsp3) is 0.300. The zero-order valence-electron chi connectivity index (χ0n) is 7.35. The van der Waals surface area contributed by atoms with Crippen LogP contribution in [0.5, 0.6) is 0 Å². The van der Waals surface area contributed by atoms with E-state index in [-0.39, 0.29) is 0 Å². The van der Waals surface area contributed by atoms with E-state index >= 15 is 0 Å². The van der Waals surface area contributed by atoms with Crippen LogP contribution < -0.4 is 0 Å². The highest BCUT2D eigenvalue weighted by atomic mass is 16.1. The van der Waals surface area contributed by atoms with Gasteiger partial charge in [-0.15, -0.1) is 0 Å². The second-order valence-corrected chi connectivity index (χ2v) is 2.83. The molecule has 11 heavy (non-hydrogen) atoms. The van der Waals surface area contributed by atoms with E-state index < -0.39 is 0 Å². The van der Waals surface area contributed by atoms with Crippen molar-refractivity contribution in [3.05, 3.63) is 35.5 Å². The average Bonchev–Trinajstić information content (AvgIpc) is 1.84. The molecule has 0 saturated carbocycles. The Balaban J connectivity index is 4.54. The Labute approximate surface area is 68.1 Å². The lowest BCUT2D eigenvalue weighted by atomic mass is 10.1. The molecule has 0 aliphatic carbocycles. The van der Waals surface area contributed by atoms with Crippen molar-refractivity contribution in [3.63, 3.8) is 0 Å². The number of hydrogen-bond donors (Lipinski definition) is 0. The van der Waals surface area contributed by atoms with Crippen LogP contribution >= 0.6 is 0 Å². The third-order valence-electron chi connectivity index (χ3n) is 1.00. The Bertz CT molecular complexity index is 215. The maximum absolute atomic E-state index is 10.4. The number of rotatable bonds is 3. The summed E-state index contributed by atoms with van der Waals surface area (Å²) in [5, 5.41) is 0. The van der Waals surface area contributed by atoms with Crippen LogP contribution in [-0.4, -0.2) is 6.29 Å². The minimum atomic E-state index is 0.678. The summed E-state index contributed by atoms with van der Waals surface area (Å²) in [7, 11) is 0. The van der Waals surface area contributed by atoms with E-state index in [0.29, 0.717) is 5.57 Å². The van der Waals surface area contributed by atoms with Crippen molar-refractivity contribution < 1.29 is 4.79 Å². The molecule has 0 radical (unpaired) electrons. The Kier molecular flexibility index (Phi) is 4.20. The molecule has 0 heterocycles. The normalized spacial score (nSPS) is 10.6. The molecular weight excluding hydrogens is 136 g/mol. The van der Waals surface area contributed by atoms with Gasteiger partial charge in [0.05, 0.1) is 0 Å². The largest absolute Gasteiger partial charge is 0.298 e. The third-order valence-corrected chi connectivity index (χ3v) is 1.00. The summed E-state index contributed by atoms with van der Waals surface area (Å²) >= 11 is 0. The molecule has 0 spiro atoms. The molecule has 0 N–H and O–H groups in total. The van der Waals surface area contributed by atoms with Gasteiger partial charge in [0.1, 0.15) is 6.29 Å². The lowest BCUT2D eigenvalue weighted by Gasteiger charge is -1.92. The molecular formula is C10H14O. The summed E-state index contributed by atoms with van der Waals surface area (Å²) in [5.41, 5.74) is 2.69. The fourth-order valence-electron chi connectivity index (χ4n) is 0.728. The van der Waals surface area contributed by atoms with Gasteiger partial charge in [0.25, 0.3) is 0 Å². The van der Waals surface area contributed by atoms with Crippen LogP contribution in [0, 0.1) is 0 Å². The first-order valence-corrected chi connectivity index (χ1v) is 3.53. The second-order valence-electron chi connectivity index (χ2n) is 2.83. The highest BCUT2D eigenvalue weighted by Crippen LogP contribution is 2.02. The van der Waals surface area contributed by atoms with E-state index in [1.54, 1.807) is 6.08 Å². The summed E-state index contributed by atoms with van der Waals surface area (Å²) in [6.45, 7) is 9.46. The molecule has 0 fully saturated rings. The summed E-state index contributed by atoms with van der Waals surface area (Å²) in [6, 6.07) is 0. The fourth-order valence-corrected chi connectivity index (χ4v) is 0.728. The smallest absolute Gasteiger partial charge is 0.150 e. The molecule has 0 atom stereocenters. The number of allylic oxidation sites excluding steroid dienone is 5. The number of carbonyl (C=O) groups excluding carboxylic acids is 1. The first-order valence-electron chi connectivity index (χ1n) is 3.53. The Morgan fingerprint density at radius 3 is 2.00 bits per heavy atom. The number of carbonyl (C=O) groups is 1. The lowest BCUT2D eigenvalue weighted by molar-refractivity contribution is -0.104. The molecule has 0 aromatic heterocycles. The molecule has 0 unspecified atom stereocenters. The SMILES string of the molecule is C=C(C)C=C(C=O)C=C(C)C. The van der Waals surface area contributed by atoms with Gasteiger partial charge in [-0.3, -0.25) is 4.79 Å². The van der Waals surface area contributed by atoms with E-state index in [1.165, 1.54) is 0 Å². The predicted molar refractivity (Wildman–Crippen MR) is 48.4 cm³/mol. The Morgan fingerprint density at radius 2 is 1.73 bits per heavy atom. The van der Waals surface area contributed by atoms with Crippen molar-refractivity contribution in [1.29, 1.82) is 0 Å². The quantitative estimate of drug-likeness (QED) is 0.343. The summed E-state index contributed by atoms with van der Waals surface area (Å²) < 4.78 is 0. The second kappa shape index (κ2) is 4.67. The molecule has 1 heteroatoms. The maximum Gasteiger partial charge on any atom is 0.150 e. The minimum absolute atomic E-state index is 0.678. The van der Waals surface area contributed by atoms with Crippen molar-refractivity contribution in [3.8, 4) is 0 Å². The molecule has 0 bridgehead atoms. The van der Waals surface area contributed by atoms with Crippen LogP contribution in [0.25, 0.3) is 0 Å². The topological polar surface area (TPSA) is 17.1 Å². The van der Waals surface area contributed by atoms with Gasteiger partial charge in [0.15, 0.2) is 0 Å². The lowest BCUT2D eigenvalue weighted by Crippen LogP contribution is -1.81. The van der Waals surface area contributed by atoms with Crippen LogP contribution in [-0.2, 0) is 4.79 Å². The summed E-state index contributed by atoms with van der Waals surface area (Å²) in [6.07, 6.45) is 4.43. The minimum Gasteiger partial charge on any atom is -0.298 e. The van der Waals surface area contributed by atoms with Crippen molar-refractivity contribution in [2.75, 3.05) is 0 Å². The van der Waals surface area contributed by atoms with E-state index in [4.69, 9.17) is 0 Å². The molecule has 0 rings (SSSR count). The monoisotopic (exact) mass is 150 g/mol. The first kappa shape index (κ1) is 9.89. The van der Waals surface area contributed by atoms with E-state index in [1.807, 2.05) is 26.8 Å². The molecule has 0 aromatic carbocycles. The maximum atomic E-state index is 10.4. The van der Waals surface area contributed by atoms with Crippen LogP contribution in [0.1, 0.15) is 20.8 Å². The molecule has 0 amide bonds. The number of hydrogen-bond acceptors (Lipinski definition) is 1. The first-order chi connectivity index (χ1) is 5.06. The van der Waals surface area contributed by atoms with E-state index in [2.05, 4.69) is 6.58 Å². The average molecular weight is 150 g/mol. The highest BCUT2D eigenvalue weighted by molar-refractivity contribution is 5.78. The van der Waals surface area contributed by atoms with Gasteiger partial charge in [-0.2, -0.15) is 0 Å². The number of aldehydes is 1. The zero-order chi connectivity index (χ0) is 8.85. The third kappa shape index (κ3) is 5.34. The molecule has 0 aliphatic rings. The van der Waals surface area contributed by atoms with E-state index in [0.717, 1.165) is 17.4 Å². The molecule has 0 aromatic rings. The Morgan fingerprint density at radius 1 is 1.18 bits per heavy atom. The van der Waals surface area contributed by atoms with Crippen molar-refractivity contribution in [1.82, 2.24) is 0 Å². The van der Waals surface area contributed by atoms with E-state index in [9.17, 15) is 4.79 Å². The molecule has 0 saturated heterocycles. The summed E-state index contributed by atoms with van der Waals surface area (Å²) in [4.78, 5) is 10.4. The van der Waals surface area contributed by atoms with Crippen molar-refractivity contribution in [2.45, 2.75) is 20.8 Å². The predicted octanol–water partition coefficient (Wildman–Crippen LogP) is 2.65. The van der Waals surface area contributed by atoms with Crippen LogP contribution in [0.3, 0.4) is 0 Å². The van der Waals surface area contributed by atoms with Gasteiger partial charge in [0, 0.05) is 5.57 Å². The van der Waals surface area contributed by atoms with Crippen molar-refractivity contribution in [2.24, 2.45) is 0 Å². The van der Waals surface area contributed by atoms with Gasteiger partial charge >= 0.3 is 0 Å². The van der Waals surface area contributed by atoms with Gasteiger partial charge in [-0.1, -0.05) is 23.8 Å². The van der Waals surface area contributed by atoms with Gasteiger partial charge in [0.2, 0.25) is 0 Å². The van der Waals surface area contributed by atoms with Gasteiger partial charge < -0.3 is 0 Å².